The zero-order valence-corrected chi connectivity index (χ0v) is 21.9. The van der Waals surface area contributed by atoms with Crippen molar-refractivity contribution in [2.24, 2.45) is 0 Å². The third-order valence-corrected chi connectivity index (χ3v) is 6.47. The van der Waals surface area contributed by atoms with E-state index in [9.17, 15) is 9.59 Å². The van der Waals surface area contributed by atoms with E-state index in [0.29, 0.717) is 44.2 Å². The fourth-order valence-corrected chi connectivity index (χ4v) is 4.41. The predicted molar refractivity (Wildman–Crippen MR) is 149 cm³/mol. The molecule has 9 heteroatoms. The van der Waals surface area contributed by atoms with Gasteiger partial charge >= 0.3 is 0 Å². The zero-order chi connectivity index (χ0) is 26.4. The lowest BCUT2D eigenvalue weighted by molar-refractivity contribution is -0.129. The summed E-state index contributed by atoms with van der Waals surface area (Å²) in [5, 5.41) is 7.40. The van der Waals surface area contributed by atoms with Crippen molar-refractivity contribution in [3.05, 3.63) is 66.5 Å². The van der Waals surface area contributed by atoms with Crippen molar-refractivity contribution in [2.45, 2.75) is 19.9 Å². The minimum atomic E-state index is -0.200. The maximum absolute atomic E-state index is 12.8. The zero-order valence-electron chi connectivity index (χ0n) is 21.9. The molecule has 2 N–H and O–H groups in total. The monoisotopic (exact) mass is 501 g/mol. The van der Waals surface area contributed by atoms with Crippen molar-refractivity contribution in [3.8, 4) is 0 Å². The van der Waals surface area contributed by atoms with Gasteiger partial charge in [0.25, 0.3) is 0 Å². The molecule has 194 valence electrons. The van der Waals surface area contributed by atoms with E-state index in [2.05, 4.69) is 44.6 Å². The number of benzene rings is 2. The van der Waals surface area contributed by atoms with E-state index >= 15 is 0 Å². The summed E-state index contributed by atoms with van der Waals surface area (Å²) >= 11 is 0. The van der Waals surface area contributed by atoms with Gasteiger partial charge in [0.15, 0.2) is 0 Å². The van der Waals surface area contributed by atoms with Crippen LogP contribution >= 0.6 is 0 Å². The number of carbonyl (C=O) groups excluding carboxylic acids is 2. The molecule has 2 amide bonds. The molecule has 1 aliphatic heterocycles. The summed E-state index contributed by atoms with van der Waals surface area (Å²) in [5.74, 6) is 0.579. The van der Waals surface area contributed by atoms with Gasteiger partial charge in [-0.1, -0.05) is 36.4 Å². The van der Waals surface area contributed by atoms with Crippen LogP contribution in [0.1, 0.15) is 25.5 Å². The van der Waals surface area contributed by atoms with Crippen molar-refractivity contribution in [3.63, 3.8) is 0 Å². The molecule has 0 bridgehead atoms. The Morgan fingerprint density at radius 2 is 1.81 bits per heavy atom. The molecule has 2 aromatic carbocycles. The number of hydrogen-bond donors (Lipinski definition) is 2. The average molecular weight is 502 g/mol. The molecule has 3 aromatic rings. The quantitative estimate of drug-likeness (QED) is 0.456. The smallest absolute Gasteiger partial charge is 0.248 e. The number of nitrogens with one attached hydrogen (secondary N) is 2. The van der Waals surface area contributed by atoms with E-state index in [4.69, 9.17) is 0 Å². The summed E-state index contributed by atoms with van der Waals surface area (Å²) in [6.45, 7) is 6.97. The van der Waals surface area contributed by atoms with Crippen molar-refractivity contribution < 1.29 is 9.59 Å². The lowest BCUT2D eigenvalue weighted by Crippen LogP contribution is -2.48. The first-order valence-electron chi connectivity index (χ1n) is 12.5. The molecule has 1 aromatic heterocycles. The van der Waals surface area contributed by atoms with Gasteiger partial charge in [0.05, 0.1) is 16.9 Å². The van der Waals surface area contributed by atoms with Crippen LogP contribution in [0.3, 0.4) is 0 Å². The predicted octanol–water partition coefficient (Wildman–Crippen LogP) is 3.53. The number of hydrogen-bond acceptors (Lipinski definition) is 7. The average Bonchev–Trinajstić information content (AvgIpc) is 2.89. The Labute approximate surface area is 218 Å². The fraction of sp³-hybridized carbons (Fsp3) is 0.357. The molecule has 1 aliphatic rings. The summed E-state index contributed by atoms with van der Waals surface area (Å²) in [4.78, 5) is 39.7. The van der Waals surface area contributed by atoms with Gasteiger partial charge in [0.2, 0.25) is 11.8 Å². The molecule has 1 saturated heterocycles. The molecule has 0 saturated carbocycles. The maximum Gasteiger partial charge on any atom is 0.248 e. The molecule has 1 atom stereocenters. The molecule has 37 heavy (non-hydrogen) atoms. The van der Waals surface area contributed by atoms with E-state index in [-0.39, 0.29) is 17.9 Å². The first kappa shape index (κ1) is 26.1. The Balaban J connectivity index is 1.68. The van der Waals surface area contributed by atoms with Crippen LogP contribution in [-0.2, 0) is 9.59 Å². The number of aromatic nitrogens is 2. The summed E-state index contributed by atoms with van der Waals surface area (Å²) in [6.07, 6.45) is 4.95. The minimum Gasteiger partial charge on any atom is -0.366 e. The highest BCUT2D eigenvalue weighted by Crippen LogP contribution is 2.34. The first-order valence-corrected chi connectivity index (χ1v) is 12.5. The lowest BCUT2D eigenvalue weighted by Gasteiger charge is -2.36. The van der Waals surface area contributed by atoms with E-state index in [1.54, 1.807) is 19.3 Å². The molecule has 0 spiro atoms. The summed E-state index contributed by atoms with van der Waals surface area (Å²) in [5.41, 5.74) is 3.50. The number of amides is 2. The highest BCUT2D eigenvalue weighted by molar-refractivity contribution is 6.05. The Morgan fingerprint density at radius 3 is 2.49 bits per heavy atom. The number of nitrogens with zero attached hydrogens (tertiary/aromatic N) is 5. The molecular formula is C28H35N7O2. The Hall–Kier alpha value is -3.98. The number of piperazine rings is 1. The van der Waals surface area contributed by atoms with Crippen molar-refractivity contribution >= 4 is 39.9 Å². The van der Waals surface area contributed by atoms with Crippen LogP contribution in [0.5, 0.6) is 0 Å². The Bertz CT molecular complexity index is 1270. The first-order chi connectivity index (χ1) is 17.8. The highest BCUT2D eigenvalue weighted by Gasteiger charge is 2.22. The molecule has 2 heterocycles. The molecule has 0 aliphatic carbocycles. The number of likely N-dealkylation sites (N-methyl/N-ethyl adjacent to an activating group) is 1. The molecule has 4 rings (SSSR count). The normalized spacial score (nSPS) is 14.8. The van der Waals surface area contributed by atoms with Crippen LogP contribution in [0.15, 0.2) is 60.9 Å². The van der Waals surface area contributed by atoms with E-state index < -0.39 is 0 Å². The van der Waals surface area contributed by atoms with Crippen LogP contribution < -0.4 is 15.5 Å². The van der Waals surface area contributed by atoms with Crippen LogP contribution in [-0.4, -0.2) is 78.4 Å². The van der Waals surface area contributed by atoms with Gasteiger partial charge in [-0.2, -0.15) is 0 Å². The van der Waals surface area contributed by atoms with Gasteiger partial charge < -0.3 is 25.3 Å². The Kier molecular flexibility index (Phi) is 8.35. The largest absolute Gasteiger partial charge is 0.366 e. The molecule has 1 unspecified atom stereocenters. The SMILES string of the molecule is CC(=O)N1CCN(c2cc3ncnc(NC(C)c4ccccc4)c3cc2NC(=O)/C=C/CN(C)C)CC1. The Morgan fingerprint density at radius 1 is 1.08 bits per heavy atom. The van der Waals surface area contributed by atoms with E-state index in [1.165, 1.54) is 0 Å². The minimum absolute atomic E-state index is 0.0330. The van der Waals surface area contributed by atoms with Gasteiger partial charge in [-0.3, -0.25) is 9.59 Å². The second-order valence-electron chi connectivity index (χ2n) is 9.53. The van der Waals surface area contributed by atoms with E-state index in [0.717, 1.165) is 22.2 Å². The number of carbonyl (C=O) groups is 2. The van der Waals surface area contributed by atoms with Gasteiger partial charge in [0, 0.05) is 57.2 Å². The van der Waals surface area contributed by atoms with Gasteiger partial charge in [-0.15, -0.1) is 0 Å². The van der Waals surface area contributed by atoms with Crippen molar-refractivity contribution in [2.75, 3.05) is 62.4 Å². The number of fused-ring (bicyclic) bond motifs is 1. The standard InChI is InChI=1S/C28H35N7O2/c1-20(22-9-6-5-7-10-22)31-28-23-17-25(32-27(37)11-8-12-33(3)4)26(18-24(23)29-19-30-28)35-15-13-34(14-16-35)21(2)36/h5-11,17-20H,12-16H2,1-4H3,(H,32,37)(H,29,30,31)/b11-8+. The van der Waals surface area contributed by atoms with Gasteiger partial charge in [0.1, 0.15) is 12.1 Å². The maximum atomic E-state index is 12.8. The lowest BCUT2D eigenvalue weighted by atomic mass is 10.1. The number of rotatable bonds is 8. The fourth-order valence-electron chi connectivity index (χ4n) is 4.41. The molecule has 9 nitrogen and oxygen atoms in total. The topological polar surface area (TPSA) is 93.7 Å². The van der Waals surface area contributed by atoms with Gasteiger partial charge in [-0.25, -0.2) is 9.97 Å². The van der Waals surface area contributed by atoms with Crippen LogP contribution in [0.4, 0.5) is 17.2 Å². The van der Waals surface area contributed by atoms with E-state index in [1.807, 2.05) is 60.3 Å². The van der Waals surface area contributed by atoms with Gasteiger partial charge in [-0.05, 0) is 38.7 Å². The van der Waals surface area contributed by atoms with Crippen molar-refractivity contribution in [1.29, 1.82) is 0 Å². The molecule has 0 radical (unpaired) electrons. The van der Waals surface area contributed by atoms with Crippen LogP contribution in [0.25, 0.3) is 10.9 Å². The summed E-state index contributed by atoms with van der Waals surface area (Å²) in [7, 11) is 3.91. The van der Waals surface area contributed by atoms with Crippen LogP contribution in [0.2, 0.25) is 0 Å². The second kappa shape index (κ2) is 11.8. The summed E-state index contributed by atoms with van der Waals surface area (Å²) < 4.78 is 0. The second-order valence-corrected chi connectivity index (χ2v) is 9.53. The molecule has 1 fully saturated rings. The summed E-state index contributed by atoms with van der Waals surface area (Å²) in [6, 6.07) is 14.2. The third kappa shape index (κ3) is 6.62. The van der Waals surface area contributed by atoms with Crippen molar-refractivity contribution in [1.82, 2.24) is 19.8 Å². The third-order valence-electron chi connectivity index (χ3n) is 6.47. The highest BCUT2D eigenvalue weighted by atomic mass is 16.2. The molecular weight excluding hydrogens is 466 g/mol. The van der Waals surface area contributed by atoms with Crippen LogP contribution in [0, 0.1) is 0 Å². The number of anilines is 3.